The van der Waals surface area contributed by atoms with Crippen LogP contribution >= 0.6 is 12.2 Å². The van der Waals surface area contributed by atoms with E-state index in [0.29, 0.717) is 18.3 Å². The number of amides is 1. The molecule has 0 atom stereocenters. The summed E-state index contributed by atoms with van der Waals surface area (Å²) in [5, 5.41) is 8.27. The smallest absolute Gasteiger partial charge is 0.230 e. The molecule has 1 amide bonds. The van der Waals surface area contributed by atoms with Crippen molar-refractivity contribution in [1.82, 2.24) is 5.32 Å². The van der Waals surface area contributed by atoms with Crippen LogP contribution in [0.15, 0.2) is 66.7 Å². The zero-order chi connectivity index (χ0) is 19.9. The van der Waals surface area contributed by atoms with E-state index in [4.69, 9.17) is 17.0 Å². The van der Waals surface area contributed by atoms with Crippen molar-refractivity contribution in [2.24, 2.45) is 5.92 Å². The number of benzene rings is 3. The van der Waals surface area contributed by atoms with Gasteiger partial charge in [-0.05, 0) is 46.6 Å². The van der Waals surface area contributed by atoms with Gasteiger partial charge in [-0.2, -0.15) is 0 Å². The van der Waals surface area contributed by atoms with Gasteiger partial charge in [0.1, 0.15) is 5.75 Å². The number of para-hydroxylation sites is 2. The van der Waals surface area contributed by atoms with E-state index in [9.17, 15) is 4.79 Å². The summed E-state index contributed by atoms with van der Waals surface area (Å²) in [6.07, 6.45) is 0.259. The molecule has 5 heteroatoms. The summed E-state index contributed by atoms with van der Waals surface area (Å²) >= 11 is 5.32. The van der Waals surface area contributed by atoms with Gasteiger partial charge in [-0.3, -0.25) is 4.79 Å². The monoisotopic (exact) mass is 392 g/mol. The number of carbonyl (C=O) groups is 1. The molecule has 0 aliphatic heterocycles. The second kappa shape index (κ2) is 9.33. The first kappa shape index (κ1) is 19.8. The highest BCUT2D eigenvalue weighted by molar-refractivity contribution is 7.80. The van der Waals surface area contributed by atoms with Crippen LogP contribution in [0.5, 0.6) is 5.75 Å². The van der Waals surface area contributed by atoms with E-state index in [-0.39, 0.29) is 17.4 Å². The molecule has 4 nitrogen and oxygen atoms in total. The molecule has 0 aromatic heterocycles. The van der Waals surface area contributed by atoms with Crippen LogP contribution in [0.4, 0.5) is 5.69 Å². The Balaban J connectivity index is 1.63. The van der Waals surface area contributed by atoms with Crippen LogP contribution < -0.4 is 15.4 Å². The minimum Gasteiger partial charge on any atom is -0.491 e. The Morgan fingerprint density at radius 1 is 1.00 bits per heavy atom. The fourth-order valence-corrected chi connectivity index (χ4v) is 3.12. The number of carbonyl (C=O) groups excluding carboxylic acids is 1. The topological polar surface area (TPSA) is 50.4 Å². The lowest BCUT2D eigenvalue weighted by atomic mass is 10.0. The third-order valence-electron chi connectivity index (χ3n) is 4.19. The maximum atomic E-state index is 12.5. The number of ether oxygens (including phenoxy) is 1. The van der Waals surface area contributed by atoms with E-state index in [1.165, 1.54) is 0 Å². The number of hydrogen-bond donors (Lipinski definition) is 2. The van der Waals surface area contributed by atoms with Gasteiger partial charge < -0.3 is 15.4 Å². The molecule has 144 valence electrons. The largest absolute Gasteiger partial charge is 0.491 e. The summed E-state index contributed by atoms with van der Waals surface area (Å²) in [6, 6.07) is 21.5. The number of thiocarbonyl (C=S) groups is 1. The van der Waals surface area contributed by atoms with Gasteiger partial charge in [0, 0.05) is 0 Å². The normalized spacial score (nSPS) is 10.7. The number of fused-ring (bicyclic) bond motifs is 1. The minimum atomic E-state index is -0.158. The molecular weight excluding hydrogens is 368 g/mol. The second-order valence-electron chi connectivity index (χ2n) is 7.02. The van der Waals surface area contributed by atoms with Crippen LogP contribution in [-0.2, 0) is 11.2 Å². The van der Waals surface area contributed by atoms with E-state index in [1.807, 2.05) is 66.7 Å². The molecule has 3 aromatic rings. The molecule has 0 fully saturated rings. The van der Waals surface area contributed by atoms with Gasteiger partial charge >= 0.3 is 0 Å². The van der Waals surface area contributed by atoms with Crippen LogP contribution in [0, 0.1) is 5.92 Å². The zero-order valence-corrected chi connectivity index (χ0v) is 16.9. The molecule has 0 heterocycles. The van der Waals surface area contributed by atoms with Gasteiger partial charge in [-0.25, -0.2) is 0 Å². The predicted octanol–water partition coefficient (Wildman–Crippen LogP) is 4.93. The lowest BCUT2D eigenvalue weighted by molar-refractivity contribution is -0.119. The Hall–Kier alpha value is -2.92. The van der Waals surface area contributed by atoms with Crippen LogP contribution in [0.1, 0.15) is 19.4 Å². The molecule has 0 saturated carbocycles. The van der Waals surface area contributed by atoms with E-state index < -0.39 is 0 Å². The fraction of sp³-hybridized carbons (Fsp3) is 0.217. The van der Waals surface area contributed by atoms with Crippen LogP contribution in [0.3, 0.4) is 0 Å². The van der Waals surface area contributed by atoms with Gasteiger partial charge in [0.15, 0.2) is 5.11 Å². The summed E-state index contributed by atoms with van der Waals surface area (Å²) in [5.41, 5.74) is 1.71. The average Bonchev–Trinajstić information content (AvgIpc) is 2.67. The maximum Gasteiger partial charge on any atom is 0.230 e. The third kappa shape index (κ3) is 5.30. The fourth-order valence-electron chi connectivity index (χ4n) is 2.90. The molecule has 3 rings (SSSR count). The number of hydrogen-bond acceptors (Lipinski definition) is 3. The summed E-state index contributed by atoms with van der Waals surface area (Å²) in [6.45, 7) is 4.79. The second-order valence-corrected chi connectivity index (χ2v) is 7.43. The summed E-state index contributed by atoms with van der Waals surface area (Å²) in [4.78, 5) is 12.5. The van der Waals surface area contributed by atoms with Crippen molar-refractivity contribution in [3.63, 3.8) is 0 Å². The van der Waals surface area contributed by atoms with Crippen molar-refractivity contribution in [1.29, 1.82) is 0 Å². The standard InChI is InChI=1S/C23H24N2O2S/c1-16(2)15-27-21-13-6-5-12-20(21)24-23(28)25-22(26)14-18-10-7-9-17-8-3-4-11-19(17)18/h3-13,16H,14-15H2,1-2H3,(H2,24,25,26,28). The van der Waals surface area contributed by atoms with Crippen LogP contribution in [0.2, 0.25) is 0 Å². The number of rotatable bonds is 6. The lowest BCUT2D eigenvalue weighted by Gasteiger charge is -2.15. The Bertz CT molecular complexity index is 980. The van der Waals surface area contributed by atoms with E-state index in [2.05, 4.69) is 24.5 Å². The lowest BCUT2D eigenvalue weighted by Crippen LogP contribution is -2.35. The summed E-state index contributed by atoms with van der Waals surface area (Å²) in [5.74, 6) is 0.969. The van der Waals surface area contributed by atoms with Crippen molar-refractivity contribution < 1.29 is 9.53 Å². The highest BCUT2D eigenvalue weighted by Crippen LogP contribution is 2.24. The zero-order valence-electron chi connectivity index (χ0n) is 16.1. The molecule has 0 radical (unpaired) electrons. The Morgan fingerprint density at radius 3 is 2.54 bits per heavy atom. The van der Waals surface area contributed by atoms with Crippen LogP contribution in [0.25, 0.3) is 10.8 Å². The molecule has 0 spiro atoms. The highest BCUT2D eigenvalue weighted by Gasteiger charge is 2.11. The highest BCUT2D eigenvalue weighted by atomic mass is 32.1. The van der Waals surface area contributed by atoms with Crippen molar-refractivity contribution in [3.8, 4) is 5.75 Å². The molecule has 28 heavy (non-hydrogen) atoms. The van der Waals surface area contributed by atoms with Crippen molar-refractivity contribution in [2.45, 2.75) is 20.3 Å². The SMILES string of the molecule is CC(C)COc1ccccc1NC(=S)NC(=O)Cc1cccc2ccccc12. The first-order chi connectivity index (χ1) is 13.5. The Morgan fingerprint density at radius 2 is 1.71 bits per heavy atom. The van der Waals surface area contributed by atoms with Gasteiger partial charge in [0.05, 0.1) is 18.7 Å². The van der Waals surface area contributed by atoms with Crippen molar-refractivity contribution in [2.75, 3.05) is 11.9 Å². The first-order valence-electron chi connectivity index (χ1n) is 9.32. The molecule has 0 aliphatic rings. The minimum absolute atomic E-state index is 0.158. The number of nitrogens with one attached hydrogen (secondary N) is 2. The van der Waals surface area contributed by atoms with Crippen LogP contribution in [-0.4, -0.2) is 17.6 Å². The van der Waals surface area contributed by atoms with Crippen molar-refractivity contribution in [3.05, 3.63) is 72.3 Å². The molecule has 3 aromatic carbocycles. The number of anilines is 1. The molecule has 2 N–H and O–H groups in total. The molecule has 0 aliphatic carbocycles. The summed E-state index contributed by atoms with van der Waals surface area (Å²) < 4.78 is 5.81. The molecule has 0 unspecified atom stereocenters. The van der Waals surface area contributed by atoms with Gasteiger partial charge in [-0.15, -0.1) is 0 Å². The molecule has 0 bridgehead atoms. The first-order valence-corrected chi connectivity index (χ1v) is 9.73. The van der Waals surface area contributed by atoms with Crippen molar-refractivity contribution >= 4 is 39.7 Å². The molecule has 0 saturated heterocycles. The Kier molecular flexibility index (Phi) is 6.61. The van der Waals surface area contributed by atoms with Gasteiger partial charge in [-0.1, -0.05) is 68.4 Å². The summed E-state index contributed by atoms with van der Waals surface area (Å²) in [7, 11) is 0. The van der Waals surface area contributed by atoms with Gasteiger partial charge in [0.25, 0.3) is 0 Å². The van der Waals surface area contributed by atoms with E-state index >= 15 is 0 Å². The average molecular weight is 393 g/mol. The van der Waals surface area contributed by atoms with E-state index in [0.717, 1.165) is 22.0 Å². The Labute approximate surface area is 170 Å². The maximum absolute atomic E-state index is 12.5. The third-order valence-corrected chi connectivity index (χ3v) is 4.40. The molecular formula is C23H24N2O2S. The van der Waals surface area contributed by atoms with E-state index in [1.54, 1.807) is 0 Å². The predicted molar refractivity (Wildman–Crippen MR) is 119 cm³/mol. The quantitative estimate of drug-likeness (QED) is 0.584. The van der Waals surface area contributed by atoms with Gasteiger partial charge in [0.2, 0.25) is 5.91 Å².